The highest BCUT2D eigenvalue weighted by molar-refractivity contribution is 7.33. The van der Waals surface area contributed by atoms with E-state index in [0.29, 0.717) is 12.2 Å². The molecular formula is C17H20N2O7P+. The van der Waals surface area contributed by atoms with Gasteiger partial charge in [0.15, 0.2) is 5.75 Å². The third kappa shape index (κ3) is 4.33. The van der Waals surface area contributed by atoms with Crippen molar-refractivity contribution < 1.29 is 23.5 Å². The molecule has 0 bridgehead atoms. The summed E-state index contributed by atoms with van der Waals surface area (Å²) >= 11 is 0. The topological polar surface area (TPSA) is 120 Å². The van der Waals surface area contributed by atoms with Gasteiger partial charge in [0.05, 0.1) is 6.10 Å². The van der Waals surface area contributed by atoms with E-state index < -0.39 is 37.4 Å². The lowest BCUT2D eigenvalue weighted by Gasteiger charge is -2.28. The van der Waals surface area contributed by atoms with Crippen LogP contribution in [0.15, 0.2) is 52.2 Å². The molecular weight excluding hydrogens is 375 g/mol. The normalized spacial score (nSPS) is 25.3. The lowest BCUT2D eigenvalue weighted by molar-refractivity contribution is -0.125. The van der Waals surface area contributed by atoms with Crippen LogP contribution < -0.4 is 15.8 Å². The van der Waals surface area contributed by atoms with Gasteiger partial charge in [-0.3, -0.25) is 14.3 Å². The van der Waals surface area contributed by atoms with Gasteiger partial charge in [0.2, 0.25) is 0 Å². The molecule has 9 nitrogen and oxygen atoms in total. The molecule has 2 aromatic rings. The van der Waals surface area contributed by atoms with Crippen LogP contribution in [0.5, 0.6) is 5.75 Å². The summed E-state index contributed by atoms with van der Waals surface area (Å²) in [5.74, 6) is 0.398. The number of H-pyrrole nitrogens is 1. The van der Waals surface area contributed by atoms with Crippen molar-refractivity contribution >= 4 is 8.25 Å². The molecule has 4 atom stereocenters. The molecule has 2 N–H and O–H groups in total. The number of ether oxygens (including phenoxy) is 1. The summed E-state index contributed by atoms with van der Waals surface area (Å²) in [5, 5.41) is 10.5. The van der Waals surface area contributed by atoms with Crippen LogP contribution in [0, 0.1) is 0 Å². The van der Waals surface area contributed by atoms with E-state index in [9.17, 15) is 19.3 Å². The second kappa shape index (κ2) is 8.14. The first-order chi connectivity index (χ1) is 12.9. The minimum absolute atomic E-state index is 0.124. The molecule has 1 saturated heterocycles. The van der Waals surface area contributed by atoms with E-state index in [2.05, 4.69) is 4.98 Å². The minimum Gasteiger partial charge on any atom is -0.390 e. The average molecular weight is 395 g/mol. The predicted molar refractivity (Wildman–Crippen MR) is 95.7 cm³/mol. The van der Waals surface area contributed by atoms with Crippen molar-refractivity contribution in [1.29, 1.82) is 0 Å². The molecule has 1 fully saturated rings. The Bertz CT molecular complexity index is 913. The number of nitrogens with one attached hydrogen (secondary N) is 1. The number of rotatable bonds is 7. The van der Waals surface area contributed by atoms with Crippen LogP contribution in [0.4, 0.5) is 0 Å². The van der Waals surface area contributed by atoms with Gasteiger partial charge in [0.1, 0.15) is 18.4 Å². The first-order valence-corrected chi connectivity index (χ1v) is 9.53. The molecule has 2 heterocycles. The predicted octanol–water partition coefficient (Wildman–Crippen LogP) is 1.72. The summed E-state index contributed by atoms with van der Waals surface area (Å²) in [7, 11) is -2.47. The molecule has 4 unspecified atom stereocenters. The second-order valence-electron chi connectivity index (χ2n) is 6.16. The van der Waals surface area contributed by atoms with Crippen LogP contribution >= 0.6 is 8.25 Å². The number of para-hydroxylation sites is 1. The van der Waals surface area contributed by atoms with Crippen molar-refractivity contribution in [3.8, 4) is 5.75 Å². The van der Waals surface area contributed by atoms with Crippen LogP contribution in [0.2, 0.25) is 0 Å². The maximum atomic E-state index is 12.0. The van der Waals surface area contributed by atoms with E-state index >= 15 is 0 Å². The SMILES string of the molecule is CCC1(CO[P+](=O)Oc2ccccc2)OC(n2ccc(=O)[nH]c2=O)CC1O. The zero-order chi connectivity index (χ0) is 19.4. The molecule has 0 spiro atoms. The number of hydrogen-bond donors (Lipinski definition) is 2. The quantitative estimate of drug-likeness (QED) is 0.685. The first kappa shape index (κ1) is 19.4. The lowest BCUT2D eigenvalue weighted by Crippen LogP contribution is -2.43. The summed E-state index contributed by atoms with van der Waals surface area (Å²) in [6.07, 6.45) is 0.0632. The van der Waals surface area contributed by atoms with Crippen molar-refractivity contribution in [3.05, 3.63) is 63.4 Å². The molecule has 1 aliphatic rings. The molecule has 3 rings (SSSR count). The number of aliphatic hydroxyl groups excluding tert-OH is 1. The Morgan fingerprint density at radius 2 is 2.07 bits per heavy atom. The van der Waals surface area contributed by atoms with Crippen molar-refractivity contribution in [2.75, 3.05) is 6.61 Å². The Kier molecular flexibility index (Phi) is 5.86. The fraction of sp³-hybridized carbons (Fsp3) is 0.412. The highest BCUT2D eigenvalue weighted by Crippen LogP contribution is 2.40. The number of hydrogen-bond acceptors (Lipinski definition) is 7. The standard InChI is InChI=1S/C17H19N2O7P/c1-2-17(11-24-27(23)26-12-6-4-3-5-7-12)13(20)10-15(25-17)19-9-8-14(21)18-16(19)22/h3-9,13,15,20H,2,10-11H2,1H3/p+1. The zero-order valence-corrected chi connectivity index (χ0v) is 15.5. The van der Waals surface area contributed by atoms with Crippen molar-refractivity contribution in [3.63, 3.8) is 0 Å². The van der Waals surface area contributed by atoms with Crippen LogP contribution in [0.1, 0.15) is 26.0 Å². The van der Waals surface area contributed by atoms with E-state index in [0.717, 1.165) is 0 Å². The van der Waals surface area contributed by atoms with Gasteiger partial charge < -0.3 is 9.84 Å². The summed E-state index contributed by atoms with van der Waals surface area (Å²) in [6.45, 7) is 1.61. The summed E-state index contributed by atoms with van der Waals surface area (Å²) in [4.78, 5) is 25.3. The molecule has 0 saturated carbocycles. The smallest absolute Gasteiger partial charge is 0.390 e. The van der Waals surface area contributed by atoms with Gasteiger partial charge in [-0.15, -0.1) is 4.52 Å². The van der Waals surface area contributed by atoms with E-state index in [1.165, 1.54) is 16.8 Å². The van der Waals surface area contributed by atoms with Gasteiger partial charge in [-0.1, -0.05) is 25.1 Å². The van der Waals surface area contributed by atoms with E-state index in [1.807, 2.05) is 0 Å². The second-order valence-corrected chi connectivity index (χ2v) is 7.05. The Labute approximate surface area is 155 Å². The number of nitrogens with zero attached hydrogens (tertiary/aromatic N) is 1. The third-order valence-corrected chi connectivity index (χ3v) is 5.20. The van der Waals surface area contributed by atoms with Gasteiger partial charge in [-0.2, -0.15) is 0 Å². The van der Waals surface area contributed by atoms with Gasteiger partial charge >= 0.3 is 13.9 Å². The monoisotopic (exact) mass is 395 g/mol. The highest BCUT2D eigenvalue weighted by Gasteiger charge is 2.50. The van der Waals surface area contributed by atoms with Crippen LogP contribution in [-0.2, 0) is 13.8 Å². The Hall–Kier alpha value is -2.32. The Balaban J connectivity index is 1.68. The molecule has 1 aromatic heterocycles. The molecule has 0 aliphatic carbocycles. The molecule has 27 heavy (non-hydrogen) atoms. The third-order valence-electron chi connectivity index (χ3n) is 4.50. The zero-order valence-electron chi connectivity index (χ0n) is 14.6. The molecule has 10 heteroatoms. The van der Waals surface area contributed by atoms with Crippen LogP contribution in [0.25, 0.3) is 0 Å². The Morgan fingerprint density at radius 1 is 1.33 bits per heavy atom. The van der Waals surface area contributed by atoms with E-state index in [1.54, 1.807) is 37.3 Å². The molecule has 1 aliphatic heterocycles. The van der Waals surface area contributed by atoms with E-state index in [4.69, 9.17) is 13.8 Å². The van der Waals surface area contributed by atoms with Gasteiger partial charge in [0, 0.05) is 23.2 Å². The van der Waals surface area contributed by atoms with Crippen molar-refractivity contribution in [2.24, 2.45) is 0 Å². The summed E-state index contributed by atoms with van der Waals surface area (Å²) < 4.78 is 29.6. The molecule has 1 aromatic carbocycles. The molecule has 0 radical (unpaired) electrons. The number of benzene rings is 1. The molecule has 0 amide bonds. The number of aromatic nitrogens is 2. The number of aromatic amines is 1. The summed E-state index contributed by atoms with van der Waals surface area (Å²) in [6, 6.07) is 9.76. The number of aliphatic hydroxyl groups is 1. The fourth-order valence-corrected chi connectivity index (χ4v) is 3.61. The van der Waals surface area contributed by atoms with Gasteiger partial charge in [-0.05, 0) is 18.6 Å². The average Bonchev–Trinajstić information content (AvgIpc) is 2.97. The van der Waals surface area contributed by atoms with Gasteiger partial charge in [-0.25, -0.2) is 9.32 Å². The maximum Gasteiger partial charge on any atom is 0.750 e. The minimum atomic E-state index is -2.47. The Morgan fingerprint density at radius 3 is 2.74 bits per heavy atom. The highest BCUT2D eigenvalue weighted by atomic mass is 31.1. The fourth-order valence-electron chi connectivity index (χ4n) is 2.93. The first-order valence-electron chi connectivity index (χ1n) is 8.44. The van der Waals surface area contributed by atoms with Crippen molar-refractivity contribution in [2.45, 2.75) is 37.7 Å². The van der Waals surface area contributed by atoms with Gasteiger partial charge in [0.25, 0.3) is 5.56 Å². The van der Waals surface area contributed by atoms with Crippen LogP contribution in [-0.4, -0.2) is 33.0 Å². The lowest BCUT2D eigenvalue weighted by atomic mass is 9.95. The summed E-state index contributed by atoms with van der Waals surface area (Å²) in [5.41, 5.74) is -2.30. The van der Waals surface area contributed by atoms with Crippen molar-refractivity contribution in [1.82, 2.24) is 9.55 Å². The molecule has 144 valence electrons. The van der Waals surface area contributed by atoms with E-state index in [-0.39, 0.29) is 13.0 Å². The largest absolute Gasteiger partial charge is 0.750 e. The maximum absolute atomic E-state index is 12.0. The van der Waals surface area contributed by atoms with Crippen LogP contribution in [0.3, 0.4) is 0 Å².